The Balaban J connectivity index is 1.82. The predicted octanol–water partition coefficient (Wildman–Crippen LogP) is 2.77. The van der Waals surface area contributed by atoms with Crippen LogP contribution in [0.2, 0.25) is 0 Å². The van der Waals surface area contributed by atoms with Gasteiger partial charge in [-0.2, -0.15) is 0 Å². The highest BCUT2D eigenvalue weighted by Gasteiger charge is 2.35. The number of rotatable bonds is 3. The van der Waals surface area contributed by atoms with Crippen molar-refractivity contribution in [2.75, 3.05) is 6.54 Å². The minimum absolute atomic E-state index is 0.0903. The number of hydrogen-bond acceptors (Lipinski definition) is 3. The molecule has 0 bridgehead atoms. The summed E-state index contributed by atoms with van der Waals surface area (Å²) in [5.41, 5.74) is 0.650. The van der Waals surface area contributed by atoms with Crippen molar-refractivity contribution >= 4 is 11.9 Å². The lowest BCUT2D eigenvalue weighted by Gasteiger charge is -2.19. The van der Waals surface area contributed by atoms with Crippen molar-refractivity contribution in [3.05, 3.63) is 48.0 Å². The Labute approximate surface area is 126 Å². The number of benzene rings is 1. The van der Waals surface area contributed by atoms with Gasteiger partial charge in [-0.25, -0.2) is 9.18 Å². The first-order valence-electron chi connectivity index (χ1n) is 6.96. The van der Waals surface area contributed by atoms with Crippen LogP contribution in [0.4, 0.5) is 4.39 Å². The first kappa shape index (κ1) is 14.3. The zero-order valence-corrected chi connectivity index (χ0v) is 11.7. The van der Waals surface area contributed by atoms with Gasteiger partial charge < -0.3 is 14.4 Å². The number of aliphatic carboxylic acids is 1. The van der Waals surface area contributed by atoms with E-state index in [4.69, 9.17) is 9.52 Å². The predicted molar refractivity (Wildman–Crippen MR) is 75.8 cm³/mol. The molecule has 0 unspecified atom stereocenters. The molecule has 0 aliphatic carbocycles. The van der Waals surface area contributed by atoms with Crippen LogP contribution in [-0.2, 0) is 4.79 Å². The second-order valence-corrected chi connectivity index (χ2v) is 5.17. The lowest BCUT2D eigenvalue weighted by molar-refractivity contribution is -0.141. The molecule has 1 aromatic heterocycles. The van der Waals surface area contributed by atoms with Gasteiger partial charge in [0.25, 0.3) is 5.91 Å². The summed E-state index contributed by atoms with van der Waals surface area (Å²) in [7, 11) is 0. The second kappa shape index (κ2) is 5.63. The fourth-order valence-electron chi connectivity index (χ4n) is 2.63. The SMILES string of the molecule is O=C(O)[C@H]1CCCN1C(=O)c1ccc(-c2ccc(F)cc2)o1. The van der Waals surface area contributed by atoms with Gasteiger partial charge in [-0.15, -0.1) is 0 Å². The molecule has 3 rings (SSSR count). The molecule has 0 saturated carbocycles. The Kier molecular flexibility index (Phi) is 3.66. The average molecular weight is 303 g/mol. The van der Waals surface area contributed by atoms with Gasteiger partial charge in [0.05, 0.1) is 0 Å². The van der Waals surface area contributed by atoms with Crippen LogP contribution in [0, 0.1) is 5.82 Å². The van der Waals surface area contributed by atoms with Crippen molar-refractivity contribution < 1.29 is 23.5 Å². The summed E-state index contributed by atoms with van der Waals surface area (Å²) in [6.45, 7) is 0.405. The van der Waals surface area contributed by atoms with E-state index in [0.717, 1.165) is 0 Å². The standard InChI is InChI=1S/C16H14FNO4/c17-11-5-3-10(4-6-11)13-7-8-14(22-13)15(19)18-9-1-2-12(18)16(20)21/h3-8,12H,1-2,9H2,(H,20,21)/t12-/m1/s1. The zero-order chi connectivity index (χ0) is 15.7. The van der Waals surface area contributed by atoms with Gasteiger partial charge in [0.15, 0.2) is 5.76 Å². The fraction of sp³-hybridized carbons (Fsp3) is 0.250. The Morgan fingerprint density at radius 1 is 1.18 bits per heavy atom. The van der Waals surface area contributed by atoms with Gasteiger partial charge in [0.2, 0.25) is 0 Å². The van der Waals surface area contributed by atoms with Crippen LogP contribution in [0.3, 0.4) is 0 Å². The van der Waals surface area contributed by atoms with Gasteiger partial charge in [-0.1, -0.05) is 0 Å². The minimum atomic E-state index is -1.00. The molecule has 2 heterocycles. The first-order chi connectivity index (χ1) is 10.6. The van der Waals surface area contributed by atoms with Crippen molar-refractivity contribution in [3.8, 4) is 11.3 Å². The lowest BCUT2D eigenvalue weighted by Crippen LogP contribution is -2.40. The molecule has 5 nitrogen and oxygen atoms in total. The van der Waals surface area contributed by atoms with Crippen molar-refractivity contribution in [1.29, 1.82) is 0 Å². The van der Waals surface area contributed by atoms with E-state index in [1.54, 1.807) is 18.2 Å². The normalized spacial score (nSPS) is 17.7. The van der Waals surface area contributed by atoms with Crippen LogP contribution in [-0.4, -0.2) is 34.5 Å². The zero-order valence-electron chi connectivity index (χ0n) is 11.7. The van der Waals surface area contributed by atoms with Gasteiger partial charge in [-0.05, 0) is 49.2 Å². The van der Waals surface area contributed by atoms with Gasteiger partial charge in [-0.3, -0.25) is 4.79 Å². The highest BCUT2D eigenvalue weighted by molar-refractivity contribution is 5.95. The summed E-state index contributed by atoms with van der Waals surface area (Å²) in [6, 6.07) is 8.05. The van der Waals surface area contributed by atoms with Crippen LogP contribution in [0.25, 0.3) is 11.3 Å². The van der Waals surface area contributed by atoms with E-state index >= 15 is 0 Å². The maximum Gasteiger partial charge on any atom is 0.326 e. The summed E-state index contributed by atoms with van der Waals surface area (Å²) in [5, 5.41) is 9.13. The summed E-state index contributed by atoms with van der Waals surface area (Å²) in [5.74, 6) is -1.26. The average Bonchev–Trinajstić information content (AvgIpc) is 3.17. The topological polar surface area (TPSA) is 70.8 Å². The van der Waals surface area contributed by atoms with E-state index in [2.05, 4.69) is 0 Å². The van der Waals surface area contributed by atoms with E-state index < -0.39 is 17.9 Å². The molecule has 22 heavy (non-hydrogen) atoms. The third-order valence-corrected chi connectivity index (χ3v) is 3.74. The van der Waals surface area contributed by atoms with E-state index in [-0.39, 0.29) is 11.6 Å². The summed E-state index contributed by atoms with van der Waals surface area (Å²) in [4.78, 5) is 24.8. The molecule has 1 aromatic carbocycles. The molecule has 0 spiro atoms. The van der Waals surface area contributed by atoms with Gasteiger partial charge in [0, 0.05) is 12.1 Å². The number of amides is 1. The molecule has 1 amide bonds. The van der Waals surface area contributed by atoms with Crippen LogP contribution in [0.15, 0.2) is 40.8 Å². The smallest absolute Gasteiger partial charge is 0.326 e. The monoisotopic (exact) mass is 303 g/mol. The lowest BCUT2D eigenvalue weighted by atomic mass is 10.2. The van der Waals surface area contributed by atoms with Gasteiger partial charge >= 0.3 is 5.97 Å². The van der Waals surface area contributed by atoms with Crippen LogP contribution in [0.1, 0.15) is 23.4 Å². The van der Waals surface area contributed by atoms with Crippen LogP contribution in [0.5, 0.6) is 0 Å². The van der Waals surface area contributed by atoms with E-state index in [0.29, 0.717) is 30.7 Å². The number of furan rings is 1. The minimum Gasteiger partial charge on any atom is -0.480 e. The molecule has 1 N–H and O–H groups in total. The summed E-state index contributed by atoms with van der Waals surface area (Å²) < 4.78 is 18.4. The quantitative estimate of drug-likeness (QED) is 0.946. The first-order valence-corrected chi connectivity index (χ1v) is 6.96. The highest BCUT2D eigenvalue weighted by atomic mass is 19.1. The van der Waals surface area contributed by atoms with Crippen molar-refractivity contribution in [3.63, 3.8) is 0 Å². The molecule has 1 aliphatic heterocycles. The molecule has 2 aromatic rings. The van der Waals surface area contributed by atoms with E-state index in [1.807, 2.05) is 0 Å². The Morgan fingerprint density at radius 2 is 1.91 bits per heavy atom. The van der Waals surface area contributed by atoms with Gasteiger partial charge in [0.1, 0.15) is 17.6 Å². The number of nitrogens with zero attached hydrogens (tertiary/aromatic N) is 1. The molecular weight excluding hydrogens is 289 g/mol. The Morgan fingerprint density at radius 3 is 2.59 bits per heavy atom. The fourth-order valence-corrected chi connectivity index (χ4v) is 2.63. The molecular formula is C16H14FNO4. The third-order valence-electron chi connectivity index (χ3n) is 3.74. The van der Waals surface area contributed by atoms with Crippen LogP contribution < -0.4 is 0 Å². The number of carbonyl (C=O) groups is 2. The molecule has 114 valence electrons. The molecule has 1 aliphatic rings. The van der Waals surface area contributed by atoms with E-state index in [9.17, 15) is 14.0 Å². The Hall–Kier alpha value is -2.63. The van der Waals surface area contributed by atoms with E-state index in [1.165, 1.54) is 23.1 Å². The molecule has 1 saturated heterocycles. The molecule has 1 fully saturated rings. The van der Waals surface area contributed by atoms with Crippen molar-refractivity contribution in [2.45, 2.75) is 18.9 Å². The molecule has 1 atom stereocenters. The van der Waals surface area contributed by atoms with Crippen molar-refractivity contribution in [1.82, 2.24) is 4.90 Å². The molecule has 6 heteroatoms. The maximum atomic E-state index is 12.9. The number of hydrogen-bond donors (Lipinski definition) is 1. The third kappa shape index (κ3) is 2.59. The molecule has 0 radical (unpaired) electrons. The number of carbonyl (C=O) groups excluding carboxylic acids is 1. The summed E-state index contributed by atoms with van der Waals surface area (Å²) in [6.07, 6.45) is 1.11. The Bertz CT molecular complexity index is 707. The highest BCUT2D eigenvalue weighted by Crippen LogP contribution is 2.25. The summed E-state index contributed by atoms with van der Waals surface area (Å²) >= 11 is 0. The number of carboxylic acid groups (broad SMARTS) is 1. The number of likely N-dealkylation sites (tertiary alicyclic amines) is 1. The second-order valence-electron chi connectivity index (χ2n) is 5.17. The maximum absolute atomic E-state index is 12.9. The van der Waals surface area contributed by atoms with Crippen molar-refractivity contribution in [2.24, 2.45) is 0 Å². The number of halogens is 1. The number of carboxylic acids is 1. The van der Waals surface area contributed by atoms with Crippen LogP contribution >= 0.6 is 0 Å². The largest absolute Gasteiger partial charge is 0.480 e.